The Labute approximate surface area is 67.6 Å². The maximum Gasteiger partial charge on any atom is 0.0465 e. The molecule has 1 saturated carbocycles. The van der Waals surface area contributed by atoms with Crippen LogP contribution in [0, 0.1) is 17.8 Å². The van der Waals surface area contributed by atoms with E-state index in [2.05, 4.69) is 6.58 Å². The second-order valence-electron chi connectivity index (χ2n) is 3.28. The third kappa shape index (κ3) is 1.63. The van der Waals surface area contributed by atoms with Crippen LogP contribution in [0.3, 0.4) is 0 Å². The van der Waals surface area contributed by atoms with Gasteiger partial charge in [0.15, 0.2) is 0 Å². The number of rotatable bonds is 3. The van der Waals surface area contributed by atoms with E-state index in [0.29, 0.717) is 17.8 Å². The van der Waals surface area contributed by atoms with E-state index in [9.17, 15) is 0 Å². The van der Waals surface area contributed by atoms with Crippen LogP contribution >= 0.6 is 0 Å². The molecule has 0 bridgehead atoms. The quantitative estimate of drug-likeness (QED) is 0.593. The summed E-state index contributed by atoms with van der Waals surface area (Å²) in [5.74, 6) is 0.999. The average molecular weight is 156 g/mol. The Morgan fingerprint density at radius 3 is 1.91 bits per heavy atom. The first-order valence-corrected chi connectivity index (χ1v) is 4.17. The van der Waals surface area contributed by atoms with Crippen LogP contribution in [0.5, 0.6) is 0 Å². The number of aliphatic hydroxyl groups is 2. The lowest BCUT2D eigenvalue weighted by atomic mass is 9.90. The summed E-state index contributed by atoms with van der Waals surface area (Å²) in [5, 5.41) is 17.9. The lowest BCUT2D eigenvalue weighted by Gasteiger charge is -2.17. The molecule has 1 aliphatic rings. The summed E-state index contributed by atoms with van der Waals surface area (Å²) < 4.78 is 0. The van der Waals surface area contributed by atoms with E-state index < -0.39 is 0 Å². The molecule has 2 heteroatoms. The maximum absolute atomic E-state index is 8.95. The van der Waals surface area contributed by atoms with Crippen molar-refractivity contribution in [2.75, 3.05) is 13.2 Å². The van der Waals surface area contributed by atoms with Crippen molar-refractivity contribution in [2.45, 2.75) is 12.8 Å². The van der Waals surface area contributed by atoms with Crippen LogP contribution in [0.2, 0.25) is 0 Å². The van der Waals surface area contributed by atoms with Gasteiger partial charge in [0.1, 0.15) is 0 Å². The third-order valence-corrected chi connectivity index (χ3v) is 2.74. The van der Waals surface area contributed by atoms with E-state index in [1.54, 1.807) is 0 Å². The summed E-state index contributed by atoms with van der Waals surface area (Å²) in [6.45, 7) is 4.18. The van der Waals surface area contributed by atoms with Crippen LogP contribution in [-0.4, -0.2) is 23.4 Å². The number of hydrogen-bond donors (Lipinski definition) is 2. The van der Waals surface area contributed by atoms with Gasteiger partial charge in [-0.25, -0.2) is 0 Å². The first kappa shape index (κ1) is 8.75. The zero-order valence-corrected chi connectivity index (χ0v) is 6.74. The van der Waals surface area contributed by atoms with Crippen molar-refractivity contribution in [1.29, 1.82) is 0 Å². The van der Waals surface area contributed by atoms with E-state index in [0.717, 1.165) is 12.8 Å². The molecular weight excluding hydrogens is 140 g/mol. The molecule has 0 amide bonds. The predicted molar refractivity (Wildman–Crippen MR) is 44.1 cm³/mol. The SMILES string of the molecule is C=CC1C(CO)CCC1CO. The van der Waals surface area contributed by atoms with Gasteiger partial charge in [0.05, 0.1) is 0 Å². The summed E-state index contributed by atoms with van der Waals surface area (Å²) in [5.41, 5.74) is 0. The minimum absolute atomic E-state index is 0.229. The van der Waals surface area contributed by atoms with Gasteiger partial charge in [-0.1, -0.05) is 6.08 Å². The summed E-state index contributed by atoms with van der Waals surface area (Å²) in [6, 6.07) is 0. The van der Waals surface area contributed by atoms with Crippen LogP contribution in [-0.2, 0) is 0 Å². The molecule has 2 nitrogen and oxygen atoms in total. The molecule has 0 aromatic rings. The van der Waals surface area contributed by atoms with E-state index in [1.807, 2.05) is 6.08 Å². The smallest absolute Gasteiger partial charge is 0.0465 e. The highest BCUT2D eigenvalue weighted by molar-refractivity contribution is 4.94. The van der Waals surface area contributed by atoms with Crippen molar-refractivity contribution < 1.29 is 10.2 Å². The molecule has 0 heterocycles. The number of allylic oxidation sites excluding steroid dienone is 1. The van der Waals surface area contributed by atoms with Gasteiger partial charge >= 0.3 is 0 Å². The highest BCUT2D eigenvalue weighted by atomic mass is 16.3. The van der Waals surface area contributed by atoms with Crippen molar-refractivity contribution in [3.63, 3.8) is 0 Å². The Morgan fingerprint density at radius 2 is 1.64 bits per heavy atom. The minimum atomic E-state index is 0.229. The van der Waals surface area contributed by atoms with Crippen molar-refractivity contribution in [1.82, 2.24) is 0 Å². The zero-order valence-electron chi connectivity index (χ0n) is 6.74. The molecule has 2 unspecified atom stereocenters. The highest BCUT2D eigenvalue weighted by Crippen LogP contribution is 2.36. The van der Waals surface area contributed by atoms with Crippen LogP contribution in [0.4, 0.5) is 0 Å². The molecule has 2 atom stereocenters. The van der Waals surface area contributed by atoms with Crippen molar-refractivity contribution in [3.8, 4) is 0 Å². The zero-order chi connectivity index (χ0) is 8.27. The molecule has 1 fully saturated rings. The van der Waals surface area contributed by atoms with Crippen molar-refractivity contribution in [3.05, 3.63) is 12.7 Å². The second kappa shape index (κ2) is 3.88. The maximum atomic E-state index is 8.95. The average Bonchev–Trinajstić information content (AvgIpc) is 2.45. The number of hydrogen-bond acceptors (Lipinski definition) is 2. The van der Waals surface area contributed by atoms with Gasteiger partial charge in [-0.2, -0.15) is 0 Å². The molecule has 0 spiro atoms. The first-order chi connectivity index (χ1) is 5.33. The first-order valence-electron chi connectivity index (χ1n) is 4.17. The summed E-state index contributed by atoms with van der Waals surface area (Å²) >= 11 is 0. The molecule has 0 aromatic heterocycles. The summed E-state index contributed by atoms with van der Waals surface area (Å²) in [4.78, 5) is 0. The molecular formula is C9H16O2. The minimum Gasteiger partial charge on any atom is -0.396 e. The van der Waals surface area contributed by atoms with Gasteiger partial charge in [0.25, 0.3) is 0 Å². The number of aliphatic hydroxyl groups excluding tert-OH is 2. The van der Waals surface area contributed by atoms with Crippen LogP contribution in [0.15, 0.2) is 12.7 Å². The van der Waals surface area contributed by atoms with E-state index in [4.69, 9.17) is 10.2 Å². The fourth-order valence-corrected chi connectivity index (χ4v) is 2.01. The van der Waals surface area contributed by atoms with Gasteiger partial charge in [-0.05, 0) is 30.6 Å². The Kier molecular flexibility index (Phi) is 3.09. The van der Waals surface area contributed by atoms with Crippen molar-refractivity contribution in [2.24, 2.45) is 17.8 Å². The standard InChI is InChI=1S/C9H16O2/c1-2-9-7(5-10)3-4-8(9)6-11/h2,7-11H,1,3-6H2. The molecule has 1 rings (SSSR count). The largest absolute Gasteiger partial charge is 0.396 e. The van der Waals surface area contributed by atoms with Gasteiger partial charge in [-0.15, -0.1) is 6.58 Å². The molecule has 1 aliphatic carbocycles. The summed E-state index contributed by atoms with van der Waals surface area (Å²) in [6.07, 6.45) is 3.92. The summed E-state index contributed by atoms with van der Waals surface area (Å²) in [7, 11) is 0. The molecule has 0 radical (unpaired) electrons. The second-order valence-corrected chi connectivity index (χ2v) is 3.28. The lowest BCUT2D eigenvalue weighted by Crippen LogP contribution is -2.17. The highest BCUT2D eigenvalue weighted by Gasteiger charge is 2.32. The van der Waals surface area contributed by atoms with E-state index in [-0.39, 0.29) is 13.2 Å². The van der Waals surface area contributed by atoms with Crippen LogP contribution < -0.4 is 0 Å². The normalized spacial score (nSPS) is 37.5. The molecule has 0 aromatic carbocycles. The Balaban J connectivity index is 2.54. The third-order valence-electron chi connectivity index (χ3n) is 2.74. The molecule has 0 aliphatic heterocycles. The lowest BCUT2D eigenvalue weighted by molar-refractivity contribution is 0.168. The van der Waals surface area contributed by atoms with Gasteiger partial charge in [0, 0.05) is 13.2 Å². The van der Waals surface area contributed by atoms with E-state index >= 15 is 0 Å². The van der Waals surface area contributed by atoms with Gasteiger partial charge in [0.2, 0.25) is 0 Å². The fraction of sp³-hybridized carbons (Fsp3) is 0.778. The van der Waals surface area contributed by atoms with E-state index in [1.165, 1.54) is 0 Å². The Hall–Kier alpha value is -0.340. The molecule has 0 saturated heterocycles. The van der Waals surface area contributed by atoms with Crippen molar-refractivity contribution >= 4 is 0 Å². The molecule has 2 N–H and O–H groups in total. The fourth-order valence-electron chi connectivity index (χ4n) is 2.01. The van der Waals surface area contributed by atoms with Crippen LogP contribution in [0.1, 0.15) is 12.8 Å². The monoisotopic (exact) mass is 156 g/mol. The Morgan fingerprint density at radius 1 is 1.18 bits per heavy atom. The molecule has 64 valence electrons. The predicted octanol–water partition coefficient (Wildman–Crippen LogP) is 0.799. The van der Waals surface area contributed by atoms with Gasteiger partial charge in [-0.3, -0.25) is 0 Å². The topological polar surface area (TPSA) is 40.5 Å². The van der Waals surface area contributed by atoms with Crippen LogP contribution in [0.25, 0.3) is 0 Å². The Bertz CT molecular complexity index is 122. The molecule has 11 heavy (non-hydrogen) atoms. The van der Waals surface area contributed by atoms with Gasteiger partial charge < -0.3 is 10.2 Å².